The third-order valence-corrected chi connectivity index (χ3v) is 19.5. The predicted molar refractivity (Wildman–Crippen MR) is 372 cm³/mol. The van der Waals surface area contributed by atoms with Crippen LogP contribution in [0.1, 0.15) is 439 Å². The third kappa shape index (κ3) is 55.7. The Morgan fingerprint density at radius 2 is 0.536 bits per heavy atom. The minimum Gasteiger partial charge on any atom is -0.466 e. The molecule has 4 nitrogen and oxygen atoms in total. The standard InChI is InChI=1S/C80H152O4/c1-5-9-13-17-19-21-23-25-27-29-31-33-35-37-39-41-43-48-55-63-73-83-79(81)69-61-53-47-45-46-52-60-68-78-76(72-71-75(65-57-15-11-7-3)77(78)67-59-16-12-8-4)66-58-51-50-54-62-70-80(82)84-74-64-56-49-44-42-40-38-36-34-32-30-28-26-24-22-20-18-14-10-6-2/h60,68,71-72,75-78H,5-59,61-67,69-70,73-74H2,1-4H3. The number of unbranched alkanes of at least 4 members (excludes halogenated alkanes) is 53. The molecule has 0 amide bonds. The van der Waals surface area contributed by atoms with Gasteiger partial charge >= 0.3 is 11.9 Å². The van der Waals surface area contributed by atoms with Gasteiger partial charge in [0, 0.05) is 12.8 Å². The van der Waals surface area contributed by atoms with E-state index in [0.717, 1.165) is 50.4 Å². The molecule has 0 aromatic carbocycles. The number of hydrogen-bond acceptors (Lipinski definition) is 4. The summed E-state index contributed by atoms with van der Waals surface area (Å²) in [6.45, 7) is 10.5. The number of hydrogen-bond donors (Lipinski definition) is 0. The largest absolute Gasteiger partial charge is 0.466 e. The molecule has 4 atom stereocenters. The average Bonchev–Trinajstić information content (AvgIpc) is 3.70. The van der Waals surface area contributed by atoms with E-state index in [2.05, 4.69) is 52.0 Å². The second-order valence-electron chi connectivity index (χ2n) is 27.6. The van der Waals surface area contributed by atoms with Crippen LogP contribution in [0.4, 0.5) is 0 Å². The highest BCUT2D eigenvalue weighted by Gasteiger charge is 2.33. The fourth-order valence-corrected chi connectivity index (χ4v) is 13.8. The van der Waals surface area contributed by atoms with Gasteiger partial charge in [0.2, 0.25) is 0 Å². The minimum absolute atomic E-state index is 0.0167. The Hall–Kier alpha value is -1.58. The Bertz CT molecular complexity index is 1370. The van der Waals surface area contributed by atoms with Crippen molar-refractivity contribution in [1.29, 1.82) is 0 Å². The quantitative estimate of drug-likeness (QED) is 0.0346. The Morgan fingerprint density at radius 3 is 0.881 bits per heavy atom. The maximum Gasteiger partial charge on any atom is 0.305 e. The highest BCUT2D eigenvalue weighted by Crippen LogP contribution is 2.43. The van der Waals surface area contributed by atoms with Crippen LogP contribution in [-0.4, -0.2) is 25.2 Å². The van der Waals surface area contributed by atoms with Crippen molar-refractivity contribution in [2.75, 3.05) is 13.2 Å². The summed E-state index contributed by atoms with van der Waals surface area (Å²) in [5.41, 5.74) is 0. The van der Waals surface area contributed by atoms with Crippen LogP contribution in [-0.2, 0) is 19.1 Å². The lowest BCUT2D eigenvalue weighted by Gasteiger charge is -2.39. The Morgan fingerprint density at radius 1 is 0.286 bits per heavy atom. The first-order chi connectivity index (χ1) is 41.6. The van der Waals surface area contributed by atoms with Crippen LogP contribution in [0.2, 0.25) is 0 Å². The molecule has 1 rings (SSSR count). The number of carbonyl (C=O) groups excluding carboxylic acids is 2. The predicted octanol–water partition coefficient (Wildman–Crippen LogP) is 27.7. The van der Waals surface area contributed by atoms with Crippen molar-refractivity contribution >= 4 is 11.9 Å². The van der Waals surface area contributed by atoms with Gasteiger partial charge in [-0.15, -0.1) is 0 Å². The van der Waals surface area contributed by atoms with Gasteiger partial charge in [0.1, 0.15) is 0 Å². The van der Waals surface area contributed by atoms with E-state index < -0.39 is 0 Å². The summed E-state index contributed by atoms with van der Waals surface area (Å²) in [6, 6.07) is 0. The molecular weight excluding hydrogens is 1020 g/mol. The van der Waals surface area contributed by atoms with Crippen LogP contribution < -0.4 is 0 Å². The van der Waals surface area contributed by atoms with Gasteiger partial charge in [-0.1, -0.05) is 392 Å². The summed E-state index contributed by atoms with van der Waals surface area (Å²) in [5, 5.41) is 0. The van der Waals surface area contributed by atoms with Crippen LogP contribution in [0.3, 0.4) is 0 Å². The summed E-state index contributed by atoms with van der Waals surface area (Å²) >= 11 is 0. The summed E-state index contributed by atoms with van der Waals surface area (Å²) in [7, 11) is 0. The van der Waals surface area contributed by atoms with Crippen molar-refractivity contribution in [3.63, 3.8) is 0 Å². The zero-order valence-corrected chi connectivity index (χ0v) is 57.9. The van der Waals surface area contributed by atoms with Gasteiger partial charge in [-0.3, -0.25) is 9.59 Å². The lowest BCUT2D eigenvalue weighted by molar-refractivity contribution is -0.144. The molecule has 0 saturated carbocycles. The molecule has 4 heteroatoms. The van der Waals surface area contributed by atoms with E-state index in [1.807, 2.05) is 0 Å². The number of esters is 2. The second kappa shape index (κ2) is 67.4. The van der Waals surface area contributed by atoms with Crippen LogP contribution in [0.15, 0.2) is 24.3 Å². The van der Waals surface area contributed by atoms with Gasteiger partial charge in [0.25, 0.3) is 0 Å². The molecule has 4 unspecified atom stereocenters. The molecule has 1 aliphatic carbocycles. The van der Waals surface area contributed by atoms with Gasteiger partial charge < -0.3 is 9.47 Å². The maximum atomic E-state index is 12.5. The van der Waals surface area contributed by atoms with Gasteiger partial charge in [0.15, 0.2) is 0 Å². The fraction of sp³-hybridized carbons (Fsp3) is 0.925. The fourth-order valence-electron chi connectivity index (χ4n) is 13.8. The van der Waals surface area contributed by atoms with E-state index in [1.54, 1.807) is 0 Å². The molecule has 0 aliphatic heterocycles. The maximum absolute atomic E-state index is 12.5. The summed E-state index contributed by atoms with van der Waals surface area (Å²) in [4.78, 5) is 25.0. The molecule has 0 saturated heterocycles. The zero-order valence-electron chi connectivity index (χ0n) is 57.9. The molecule has 0 heterocycles. The lowest BCUT2D eigenvalue weighted by Crippen LogP contribution is -2.30. The highest BCUT2D eigenvalue weighted by molar-refractivity contribution is 5.69. The Balaban J connectivity index is 2.22. The molecule has 1 aliphatic rings. The Labute approximate surface area is 528 Å². The number of rotatable bonds is 69. The smallest absolute Gasteiger partial charge is 0.305 e. The van der Waals surface area contributed by atoms with Gasteiger partial charge in [-0.2, -0.15) is 0 Å². The van der Waals surface area contributed by atoms with E-state index in [0.29, 0.717) is 37.9 Å². The van der Waals surface area contributed by atoms with Crippen molar-refractivity contribution in [3.05, 3.63) is 24.3 Å². The number of carbonyl (C=O) groups is 2. The SMILES string of the molecule is CCCCCCCCCCCCCCCCCCCCCCOC(=O)CCCCCCCC=CC1C(CCCCCCCC(=O)OCCCCCCCCCCCCCCCCCCCCCC)C=CC(CCCCCC)C1CCCCCC. The van der Waals surface area contributed by atoms with Crippen LogP contribution in [0.25, 0.3) is 0 Å². The molecule has 0 spiro atoms. The topological polar surface area (TPSA) is 52.6 Å². The molecule has 0 radical (unpaired) electrons. The van der Waals surface area contributed by atoms with Crippen molar-refractivity contribution in [2.24, 2.45) is 23.7 Å². The minimum atomic E-state index is 0.0167. The number of allylic oxidation sites excluding steroid dienone is 4. The van der Waals surface area contributed by atoms with Gasteiger partial charge in [-0.25, -0.2) is 0 Å². The summed E-state index contributed by atoms with van der Waals surface area (Å²) in [5.74, 6) is 2.86. The zero-order chi connectivity index (χ0) is 60.4. The molecule has 0 aromatic rings. The second-order valence-corrected chi connectivity index (χ2v) is 27.6. The Kier molecular flexibility index (Phi) is 64.5. The van der Waals surface area contributed by atoms with E-state index in [1.165, 1.54) is 360 Å². The summed E-state index contributed by atoms with van der Waals surface area (Å²) in [6.07, 6.45) is 95.1. The molecule has 84 heavy (non-hydrogen) atoms. The highest BCUT2D eigenvalue weighted by atomic mass is 16.5. The first-order valence-corrected chi connectivity index (χ1v) is 39.2. The van der Waals surface area contributed by atoms with Crippen molar-refractivity contribution in [1.82, 2.24) is 0 Å². The van der Waals surface area contributed by atoms with Crippen LogP contribution >= 0.6 is 0 Å². The molecule has 0 aromatic heterocycles. The van der Waals surface area contributed by atoms with Crippen molar-refractivity contribution < 1.29 is 19.1 Å². The van der Waals surface area contributed by atoms with Crippen molar-refractivity contribution in [3.8, 4) is 0 Å². The van der Waals surface area contributed by atoms with E-state index in [9.17, 15) is 9.59 Å². The normalized spacial score (nSPS) is 16.1. The van der Waals surface area contributed by atoms with Crippen molar-refractivity contribution in [2.45, 2.75) is 439 Å². The van der Waals surface area contributed by atoms with Gasteiger partial charge in [0.05, 0.1) is 13.2 Å². The molecule has 496 valence electrons. The lowest BCUT2D eigenvalue weighted by atomic mass is 9.66. The van der Waals surface area contributed by atoms with E-state index in [4.69, 9.17) is 9.47 Å². The van der Waals surface area contributed by atoms with Crippen LogP contribution in [0.5, 0.6) is 0 Å². The monoisotopic (exact) mass is 1180 g/mol. The third-order valence-electron chi connectivity index (χ3n) is 19.5. The average molecular weight is 1180 g/mol. The molecular formula is C80H152O4. The molecule has 0 bridgehead atoms. The first-order valence-electron chi connectivity index (χ1n) is 39.2. The molecule has 0 fully saturated rings. The summed E-state index contributed by atoms with van der Waals surface area (Å²) < 4.78 is 11.3. The van der Waals surface area contributed by atoms with Gasteiger partial charge in [-0.05, 0) is 81.5 Å². The number of ether oxygens (including phenoxy) is 2. The van der Waals surface area contributed by atoms with E-state index >= 15 is 0 Å². The van der Waals surface area contributed by atoms with Crippen LogP contribution in [0, 0.1) is 23.7 Å². The first kappa shape index (κ1) is 80.4. The van der Waals surface area contributed by atoms with E-state index in [-0.39, 0.29) is 11.9 Å². The molecule has 0 N–H and O–H groups in total.